The second-order valence-electron chi connectivity index (χ2n) is 13.3. The SMILES string of the molecule is C=Cc1ccc2c(c1)c1c(-c3ccc4c(c3)c3ccccc3n4-c3cc(-c4ccccc4)cc(-c4ccccc4)n3)cccc1n2-c1ccccc1. The van der Waals surface area contributed by atoms with Crippen molar-refractivity contribution >= 4 is 49.7 Å². The van der Waals surface area contributed by atoms with Gasteiger partial charge in [0.25, 0.3) is 0 Å². The molecule has 3 aromatic heterocycles. The van der Waals surface area contributed by atoms with Gasteiger partial charge in [-0.1, -0.05) is 134 Å². The monoisotopic (exact) mass is 663 g/mol. The zero-order valence-corrected chi connectivity index (χ0v) is 28.4. The molecule has 0 fully saturated rings. The summed E-state index contributed by atoms with van der Waals surface area (Å²) >= 11 is 0. The van der Waals surface area contributed by atoms with E-state index in [1.54, 1.807) is 0 Å². The highest BCUT2D eigenvalue weighted by molar-refractivity contribution is 6.17. The highest BCUT2D eigenvalue weighted by Crippen LogP contribution is 2.41. The largest absolute Gasteiger partial charge is 0.309 e. The van der Waals surface area contributed by atoms with Crippen molar-refractivity contribution in [1.29, 1.82) is 0 Å². The summed E-state index contributed by atoms with van der Waals surface area (Å²) in [5.41, 5.74) is 13.6. The van der Waals surface area contributed by atoms with Crippen LogP contribution >= 0.6 is 0 Å². The van der Waals surface area contributed by atoms with Gasteiger partial charge in [0.15, 0.2) is 0 Å². The lowest BCUT2D eigenvalue weighted by atomic mass is 9.97. The maximum Gasteiger partial charge on any atom is 0.138 e. The van der Waals surface area contributed by atoms with Gasteiger partial charge in [0, 0.05) is 32.8 Å². The first-order valence-corrected chi connectivity index (χ1v) is 17.7. The van der Waals surface area contributed by atoms with Crippen LogP contribution in [0.5, 0.6) is 0 Å². The van der Waals surface area contributed by atoms with Gasteiger partial charge in [-0.05, 0) is 88.5 Å². The summed E-state index contributed by atoms with van der Waals surface area (Å²) in [6.45, 7) is 4.08. The molecule has 0 spiro atoms. The first kappa shape index (κ1) is 29.9. The molecular formula is C49H33N3. The second-order valence-corrected chi connectivity index (χ2v) is 13.3. The van der Waals surface area contributed by atoms with Gasteiger partial charge in [0.05, 0.1) is 27.8 Å². The van der Waals surface area contributed by atoms with Crippen molar-refractivity contribution in [2.45, 2.75) is 0 Å². The van der Waals surface area contributed by atoms with E-state index in [9.17, 15) is 0 Å². The number of fused-ring (bicyclic) bond motifs is 6. The molecule has 3 heteroatoms. The standard InChI is InChI=1S/C49H33N3/c1-2-33-25-27-46-42(29-33)49-39(22-14-24-47(49)51(46)38-19-10-5-11-20-38)36-26-28-45-41(30-36)40-21-12-13-23-44(40)52(45)48-32-37(34-15-6-3-7-16-34)31-43(50-48)35-17-8-4-9-18-35/h2-32H,1H2. The Morgan fingerprint density at radius 3 is 1.87 bits per heavy atom. The highest BCUT2D eigenvalue weighted by Gasteiger charge is 2.19. The summed E-state index contributed by atoms with van der Waals surface area (Å²) in [5.74, 6) is 0.893. The van der Waals surface area contributed by atoms with Gasteiger partial charge in [-0.3, -0.25) is 4.57 Å². The van der Waals surface area contributed by atoms with E-state index in [2.05, 4.69) is 192 Å². The molecule has 3 nitrogen and oxygen atoms in total. The van der Waals surface area contributed by atoms with Gasteiger partial charge >= 0.3 is 0 Å². The number of pyridine rings is 1. The predicted octanol–water partition coefficient (Wildman–Crippen LogP) is 12.9. The van der Waals surface area contributed by atoms with E-state index >= 15 is 0 Å². The number of para-hydroxylation sites is 2. The second kappa shape index (κ2) is 12.1. The lowest BCUT2D eigenvalue weighted by Gasteiger charge is -2.13. The fourth-order valence-corrected chi connectivity index (χ4v) is 7.88. The maximum absolute atomic E-state index is 5.33. The summed E-state index contributed by atoms with van der Waals surface area (Å²) in [7, 11) is 0. The minimum Gasteiger partial charge on any atom is -0.309 e. The zero-order chi connectivity index (χ0) is 34.6. The Labute approximate surface area is 302 Å². The molecule has 244 valence electrons. The van der Waals surface area contributed by atoms with E-state index in [4.69, 9.17) is 4.98 Å². The topological polar surface area (TPSA) is 22.8 Å². The van der Waals surface area contributed by atoms with Crippen molar-refractivity contribution in [2.24, 2.45) is 0 Å². The minimum absolute atomic E-state index is 0.893. The molecule has 0 aliphatic rings. The maximum atomic E-state index is 5.33. The summed E-state index contributed by atoms with van der Waals surface area (Å²) < 4.78 is 4.70. The third-order valence-electron chi connectivity index (χ3n) is 10.3. The third-order valence-corrected chi connectivity index (χ3v) is 10.3. The number of rotatable bonds is 6. The lowest BCUT2D eigenvalue weighted by Crippen LogP contribution is -2.00. The fourth-order valence-electron chi connectivity index (χ4n) is 7.88. The Kier molecular flexibility index (Phi) is 6.97. The van der Waals surface area contributed by atoms with Crippen LogP contribution in [0.3, 0.4) is 0 Å². The lowest BCUT2D eigenvalue weighted by molar-refractivity contribution is 1.08. The molecule has 0 bridgehead atoms. The van der Waals surface area contributed by atoms with Gasteiger partial charge in [-0.25, -0.2) is 4.98 Å². The molecule has 3 heterocycles. The summed E-state index contributed by atoms with van der Waals surface area (Å²) in [4.78, 5) is 5.33. The van der Waals surface area contributed by atoms with E-state index in [1.165, 1.54) is 43.7 Å². The van der Waals surface area contributed by atoms with Crippen LogP contribution in [0.15, 0.2) is 189 Å². The normalized spacial score (nSPS) is 11.5. The molecule has 10 aromatic rings. The van der Waals surface area contributed by atoms with Gasteiger partial charge in [-0.15, -0.1) is 0 Å². The number of hydrogen-bond donors (Lipinski definition) is 0. The predicted molar refractivity (Wildman–Crippen MR) is 219 cm³/mol. The van der Waals surface area contributed by atoms with E-state index in [1.807, 2.05) is 12.1 Å². The van der Waals surface area contributed by atoms with Crippen LogP contribution in [0.2, 0.25) is 0 Å². The Balaban J connectivity index is 1.23. The summed E-state index contributed by atoms with van der Waals surface area (Å²) in [5, 5.41) is 4.83. The van der Waals surface area contributed by atoms with Gasteiger partial charge in [-0.2, -0.15) is 0 Å². The van der Waals surface area contributed by atoms with E-state index in [0.29, 0.717) is 0 Å². The molecule has 7 aromatic carbocycles. The smallest absolute Gasteiger partial charge is 0.138 e. The van der Waals surface area contributed by atoms with Gasteiger partial charge in [0.1, 0.15) is 5.82 Å². The molecule has 10 rings (SSSR count). The van der Waals surface area contributed by atoms with Crippen molar-refractivity contribution in [1.82, 2.24) is 14.1 Å². The molecule has 0 atom stereocenters. The molecule has 52 heavy (non-hydrogen) atoms. The Hall–Kier alpha value is -6.97. The third kappa shape index (κ3) is 4.79. The van der Waals surface area contributed by atoms with Gasteiger partial charge < -0.3 is 4.57 Å². The molecule has 0 saturated carbocycles. The van der Waals surface area contributed by atoms with Crippen molar-refractivity contribution in [3.05, 3.63) is 194 Å². The van der Waals surface area contributed by atoms with E-state index in [-0.39, 0.29) is 0 Å². The molecule has 0 N–H and O–H groups in total. The number of benzene rings is 7. The average Bonchev–Trinajstić information content (AvgIpc) is 3.74. The van der Waals surface area contributed by atoms with Crippen LogP contribution in [-0.4, -0.2) is 14.1 Å². The highest BCUT2D eigenvalue weighted by atomic mass is 15.1. The first-order chi connectivity index (χ1) is 25.7. The average molecular weight is 664 g/mol. The van der Waals surface area contributed by atoms with E-state index < -0.39 is 0 Å². The number of nitrogens with zero attached hydrogens (tertiary/aromatic N) is 3. The Bertz CT molecular complexity index is 2890. The molecule has 0 aliphatic heterocycles. The summed E-state index contributed by atoms with van der Waals surface area (Å²) in [6, 6.07) is 65.0. The van der Waals surface area contributed by atoms with Crippen molar-refractivity contribution < 1.29 is 0 Å². The zero-order valence-electron chi connectivity index (χ0n) is 28.4. The molecule has 0 amide bonds. The molecule has 0 aliphatic carbocycles. The summed E-state index contributed by atoms with van der Waals surface area (Å²) in [6.07, 6.45) is 1.93. The van der Waals surface area contributed by atoms with Crippen LogP contribution in [0.1, 0.15) is 5.56 Å². The molecular weight excluding hydrogens is 631 g/mol. The van der Waals surface area contributed by atoms with E-state index in [0.717, 1.165) is 50.5 Å². The number of aromatic nitrogens is 3. The van der Waals surface area contributed by atoms with Gasteiger partial charge in [0.2, 0.25) is 0 Å². The Morgan fingerprint density at radius 1 is 0.423 bits per heavy atom. The van der Waals surface area contributed by atoms with Crippen molar-refractivity contribution in [3.63, 3.8) is 0 Å². The molecule has 0 saturated heterocycles. The van der Waals surface area contributed by atoms with Crippen LogP contribution < -0.4 is 0 Å². The van der Waals surface area contributed by atoms with Crippen molar-refractivity contribution in [3.8, 4) is 45.0 Å². The van der Waals surface area contributed by atoms with Crippen LogP contribution in [0.25, 0.3) is 94.7 Å². The van der Waals surface area contributed by atoms with Crippen LogP contribution in [0.4, 0.5) is 0 Å². The Morgan fingerprint density at radius 2 is 1.08 bits per heavy atom. The van der Waals surface area contributed by atoms with Crippen LogP contribution in [-0.2, 0) is 0 Å². The van der Waals surface area contributed by atoms with Crippen molar-refractivity contribution in [2.75, 3.05) is 0 Å². The molecule has 0 radical (unpaired) electrons. The minimum atomic E-state index is 0.893. The fraction of sp³-hybridized carbons (Fsp3) is 0. The quantitative estimate of drug-likeness (QED) is 0.174. The first-order valence-electron chi connectivity index (χ1n) is 17.7. The molecule has 0 unspecified atom stereocenters. The van der Waals surface area contributed by atoms with Crippen LogP contribution in [0, 0.1) is 0 Å². The number of hydrogen-bond acceptors (Lipinski definition) is 1.